The highest BCUT2D eigenvalue weighted by molar-refractivity contribution is 5.93. The summed E-state index contributed by atoms with van der Waals surface area (Å²) >= 11 is 0. The maximum absolute atomic E-state index is 12.4. The zero-order valence-electron chi connectivity index (χ0n) is 17.0. The Labute approximate surface area is 173 Å². The third kappa shape index (κ3) is 7.34. The summed E-state index contributed by atoms with van der Waals surface area (Å²) in [6.45, 7) is 3.54. The second-order valence-electron chi connectivity index (χ2n) is 5.99. The minimum atomic E-state index is -4.44. The van der Waals surface area contributed by atoms with E-state index in [9.17, 15) is 13.2 Å². The Balaban J connectivity index is 2.15. The molecule has 0 aliphatic carbocycles. The molecule has 7 nitrogen and oxygen atoms in total. The van der Waals surface area contributed by atoms with Crippen LogP contribution in [0, 0.1) is 0 Å². The summed E-state index contributed by atoms with van der Waals surface area (Å²) in [5.74, 6) is 1.52. The summed E-state index contributed by atoms with van der Waals surface area (Å²) in [4.78, 5) is 8.30. The van der Waals surface area contributed by atoms with E-state index in [1.807, 2.05) is 19.9 Å². The molecule has 0 amide bonds. The number of halogens is 3. The summed E-state index contributed by atoms with van der Waals surface area (Å²) in [6, 6.07) is 8.58. The van der Waals surface area contributed by atoms with Crippen molar-refractivity contribution in [1.29, 1.82) is 0 Å². The summed E-state index contributed by atoms with van der Waals surface area (Å²) in [5.41, 5.74) is 1.14. The lowest BCUT2D eigenvalue weighted by Crippen LogP contribution is -2.30. The van der Waals surface area contributed by atoms with Gasteiger partial charge in [0.25, 0.3) is 0 Å². The van der Waals surface area contributed by atoms with Crippen LogP contribution < -0.4 is 24.8 Å². The molecule has 0 spiro atoms. The van der Waals surface area contributed by atoms with Crippen LogP contribution in [-0.4, -0.2) is 44.0 Å². The molecule has 2 rings (SSSR count). The van der Waals surface area contributed by atoms with Gasteiger partial charge in [-0.1, -0.05) is 6.07 Å². The molecule has 0 saturated carbocycles. The van der Waals surface area contributed by atoms with Gasteiger partial charge in [0, 0.05) is 30.1 Å². The Bertz CT molecular complexity index is 844. The number of methoxy groups -OCH3 is 1. The number of alkyl halides is 3. The van der Waals surface area contributed by atoms with Gasteiger partial charge in [-0.2, -0.15) is 13.2 Å². The molecule has 0 aliphatic rings. The maximum Gasteiger partial charge on any atom is 0.422 e. The van der Waals surface area contributed by atoms with Crippen molar-refractivity contribution in [3.63, 3.8) is 0 Å². The van der Waals surface area contributed by atoms with Crippen molar-refractivity contribution in [2.24, 2.45) is 4.99 Å². The van der Waals surface area contributed by atoms with Gasteiger partial charge >= 0.3 is 6.18 Å². The first-order valence-corrected chi connectivity index (χ1v) is 9.35. The first kappa shape index (κ1) is 23.1. The summed E-state index contributed by atoms with van der Waals surface area (Å²) in [7, 11) is 1.55. The van der Waals surface area contributed by atoms with Crippen molar-refractivity contribution >= 4 is 11.6 Å². The third-order valence-electron chi connectivity index (χ3n) is 3.70. The van der Waals surface area contributed by atoms with Crippen molar-refractivity contribution in [2.75, 3.05) is 32.2 Å². The van der Waals surface area contributed by atoms with Gasteiger partial charge in [0.05, 0.1) is 20.3 Å². The highest BCUT2D eigenvalue weighted by atomic mass is 19.4. The number of guanidine groups is 1. The fourth-order valence-corrected chi connectivity index (χ4v) is 2.45. The minimum Gasteiger partial charge on any atom is -0.493 e. The molecule has 1 aromatic carbocycles. The van der Waals surface area contributed by atoms with E-state index in [0.29, 0.717) is 41.9 Å². The fraction of sp³-hybridized carbons (Fsp3) is 0.400. The molecular formula is C20H25F3N4O3. The van der Waals surface area contributed by atoms with Crippen molar-refractivity contribution in [2.45, 2.75) is 26.6 Å². The van der Waals surface area contributed by atoms with E-state index in [1.165, 1.54) is 6.20 Å². The van der Waals surface area contributed by atoms with Crippen LogP contribution in [0.2, 0.25) is 0 Å². The van der Waals surface area contributed by atoms with Gasteiger partial charge in [-0.3, -0.25) is 0 Å². The number of hydrogen-bond donors (Lipinski definition) is 2. The fourth-order valence-electron chi connectivity index (χ4n) is 2.45. The molecule has 30 heavy (non-hydrogen) atoms. The predicted octanol–water partition coefficient (Wildman–Crippen LogP) is 4.01. The molecule has 0 saturated heterocycles. The molecule has 0 atom stereocenters. The van der Waals surface area contributed by atoms with Crippen LogP contribution in [0.4, 0.5) is 18.9 Å². The molecule has 1 aromatic heterocycles. The Hall–Kier alpha value is -3.17. The van der Waals surface area contributed by atoms with Crippen molar-refractivity contribution in [1.82, 2.24) is 10.3 Å². The summed E-state index contributed by atoms with van der Waals surface area (Å²) < 4.78 is 53.0. The van der Waals surface area contributed by atoms with Gasteiger partial charge in [0.1, 0.15) is 0 Å². The van der Waals surface area contributed by atoms with E-state index in [-0.39, 0.29) is 12.4 Å². The molecule has 2 aromatic rings. The van der Waals surface area contributed by atoms with Gasteiger partial charge in [-0.25, -0.2) is 9.98 Å². The number of pyridine rings is 1. The van der Waals surface area contributed by atoms with Crippen molar-refractivity contribution < 1.29 is 27.4 Å². The number of rotatable bonds is 9. The van der Waals surface area contributed by atoms with Gasteiger partial charge in [-0.05, 0) is 32.0 Å². The number of ether oxygens (including phenoxy) is 3. The highest BCUT2D eigenvalue weighted by Crippen LogP contribution is 2.30. The van der Waals surface area contributed by atoms with E-state index in [4.69, 9.17) is 14.2 Å². The Morgan fingerprint density at radius 2 is 1.93 bits per heavy atom. The Kier molecular flexibility index (Phi) is 8.57. The first-order valence-electron chi connectivity index (χ1n) is 9.35. The van der Waals surface area contributed by atoms with E-state index in [0.717, 1.165) is 0 Å². The summed E-state index contributed by atoms with van der Waals surface area (Å²) in [5, 5.41) is 6.21. The molecule has 0 unspecified atom stereocenters. The average Bonchev–Trinajstić information content (AvgIpc) is 2.72. The number of hydrogen-bond acceptors (Lipinski definition) is 5. The smallest absolute Gasteiger partial charge is 0.422 e. The molecule has 0 radical (unpaired) electrons. The predicted molar refractivity (Wildman–Crippen MR) is 108 cm³/mol. The number of benzene rings is 1. The van der Waals surface area contributed by atoms with Gasteiger partial charge in [0.15, 0.2) is 24.1 Å². The number of aliphatic imine (C=N–C) groups is 1. The first-order chi connectivity index (χ1) is 14.4. The zero-order chi connectivity index (χ0) is 22.0. The largest absolute Gasteiger partial charge is 0.493 e. The normalized spacial score (nSPS) is 11.7. The Morgan fingerprint density at radius 3 is 2.60 bits per heavy atom. The molecule has 164 valence electrons. The molecule has 0 fully saturated rings. The SMILES string of the molecule is CCNC(=NCc1cccnc1OCC(F)(F)F)Nc1ccc(OCC)c(OC)c1. The van der Waals surface area contributed by atoms with Gasteiger partial charge < -0.3 is 24.8 Å². The molecule has 1 heterocycles. The lowest BCUT2D eigenvalue weighted by atomic mass is 10.2. The molecule has 2 N–H and O–H groups in total. The minimum absolute atomic E-state index is 0.0739. The standard InChI is InChI=1S/C20H25F3N4O3/c1-4-24-19(27-15-8-9-16(29-5-2)17(11-15)28-3)26-12-14-7-6-10-25-18(14)30-13-20(21,22)23/h6-11H,4-5,12-13H2,1-3H3,(H2,24,26,27). The second-order valence-corrected chi connectivity index (χ2v) is 5.99. The number of aromatic nitrogens is 1. The third-order valence-corrected chi connectivity index (χ3v) is 3.70. The van der Waals surface area contributed by atoms with Crippen LogP contribution in [0.25, 0.3) is 0 Å². The van der Waals surface area contributed by atoms with Gasteiger partial charge in [0.2, 0.25) is 5.88 Å². The van der Waals surface area contributed by atoms with Crippen LogP contribution in [0.5, 0.6) is 17.4 Å². The monoisotopic (exact) mass is 426 g/mol. The average molecular weight is 426 g/mol. The van der Waals surface area contributed by atoms with E-state index >= 15 is 0 Å². The van der Waals surface area contributed by atoms with Crippen LogP contribution >= 0.6 is 0 Å². The van der Waals surface area contributed by atoms with E-state index in [2.05, 4.69) is 20.6 Å². The quantitative estimate of drug-likeness (QED) is 0.466. The van der Waals surface area contributed by atoms with E-state index in [1.54, 1.807) is 31.4 Å². The lowest BCUT2D eigenvalue weighted by Gasteiger charge is -2.15. The molecule has 0 aliphatic heterocycles. The van der Waals surface area contributed by atoms with Crippen molar-refractivity contribution in [3.8, 4) is 17.4 Å². The molecule has 10 heteroatoms. The van der Waals surface area contributed by atoms with Crippen molar-refractivity contribution in [3.05, 3.63) is 42.1 Å². The van der Waals surface area contributed by atoms with Crippen LogP contribution in [0.1, 0.15) is 19.4 Å². The van der Waals surface area contributed by atoms with Crippen LogP contribution in [0.15, 0.2) is 41.5 Å². The maximum atomic E-state index is 12.4. The number of nitrogens with zero attached hydrogens (tertiary/aromatic N) is 2. The summed E-state index contributed by atoms with van der Waals surface area (Å²) in [6.07, 6.45) is -3.07. The second kappa shape index (κ2) is 11.1. The Morgan fingerprint density at radius 1 is 1.13 bits per heavy atom. The topological polar surface area (TPSA) is 77.0 Å². The zero-order valence-corrected chi connectivity index (χ0v) is 17.0. The lowest BCUT2D eigenvalue weighted by molar-refractivity contribution is -0.154. The van der Waals surface area contributed by atoms with Crippen LogP contribution in [-0.2, 0) is 6.54 Å². The van der Waals surface area contributed by atoms with Crippen LogP contribution in [0.3, 0.4) is 0 Å². The van der Waals surface area contributed by atoms with Gasteiger partial charge in [-0.15, -0.1) is 0 Å². The molecule has 0 bridgehead atoms. The highest BCUT2D eigenvalue weighted by Gasteiger charge is 2.29. The van der Waals surface area contributed by atoms with E-state index < -0.39 is 12.8 Å². The number of anilines is 1. The molecular weight excluding hydrogens is 401 g/mol. The number of nitrogens with one attached hydrogen (secondary N) is 2.